The molecule has 0 aliphatic heterocycles. The molecule has 0 radical (unpaired) electrons. The molecule has 0 amide bonds. The molecule has 0 bridgehead atoms. The van der Waals surface area contributed by atoms with E-state index in [1.165, 1.54) is 7.11 Å². The van der Waals surface area contributed by atoms with Crippen molar-refractivity contribution in [1.29, 1.82) is 0 Å². The summed E-state index contributed by atoms with van der Waals surface area (Å²) in [6, 6.07) is 1.65. The molecule has 0 spiro atoms. The molecule has 0 saturated heterocycles. The third kappa shape index (κ3) is 3.48. The van der Waals surface area contributed by atoms with Crippen LogP contribution in [0.15, 0.2) is 12.3 Å². The van der Waals surface area contributed by atoms with Crippen molar-refractivity contribution in [3.63, 3.8) is 0 Å². The van der Waals surface area contributed by atoms with Gasteiger partial charge < -0.3 is 15.0 Å². The normalized spacial score (nSPS) is 10.4. The highest BCUT2D eigenvalue weighted by atomic mass is 32.2. The van der Waals surface area contributed by atoms with Gasteiger partial charge in [-0.25, -0.2) is 4.79 Å². The van der Waals surface area contributed by atoms with E-state index in [0.29, 0.717) is 11.4 Å². The minimum Gasteiger partial charge on any atom is -0.464 e. The number of thioether (sulfide) groups is 1. The highest BCUT2D eigenvalue weighted by Gasteiger charge is 2.12. The predicted molar refractivity (Wildman–Crippen MR) is 67.8 cm³/mol. The Morgan fingerprint density at radius 3 is 3.00 bits per heavy atom. The summed E-state index contributed by atoms with van der Waals surface area (Å²) in [5.74, 6) is 1.88. The molecule has 90 valence electrons. The minimum absolute atomic E-state index is 0.333. The van der Waals surface area contributed by atoms with Crippen LogP contribution in [0.2, 0.25) is 0 Å². The molecule has 0 aliphatic rings. The van der Waals surface area contributed by atoms with Crippen LogP contribution < -0.4 is 5.73 Å². The molecule has 1 aromatic rings. The summed E-state index contributed by atoms with van der Waals surface area (Å²) in [6.07, 6.45) is 2.81. The Bertz CT molecular complexity index is 350. The maximum absolute atomic E-state index is 11.4. The van der Waals surface area contributed by atoms with Crippen LogP contribution in [0.5, 0.6) is 0 Å². The molecule has 5 heteroatoms. The highest BCUT2D eigenvalue weighted by molar-refractivity contribution is 7.99. The molecule has 16 heavy (non-hydrogen) atoms. The Balaban J connectivity index is 2.60. The molecule has 0 aliphatic carbocycles. The molecule has 0 unspecified atom stereocenters. The number of nitrogen functional groups attached to an aromatic ring is 1. The average molecular weight is 242 g/mol. The van der Waals surface area contributed by atoms with Gasteiger partial charge in [0.05, 0.1) is 12.8 Å². The summed E-state index contributed by atoms with van der Waals surface area (Å²) in [4.78, 5) is 11.4. The Morgan fingerprint density at radius 1 is 1.62 bits per heavy atom. The first-order valence-corrected chi connectivity index (χ1v) is 6.46. The molecule has 1 rings (SSSR count). The lowest BCUT2D eigenvalue weighted by molar-refractivity contribution is 0.0588. The number of hydrogen-bond donors (Lipinski definition) is 1. The Labute approximate surface area is 100 Å². The van der Waals surface area contributed by atoms with Crippen LogP contribution in [0.25, 0.3) is 0 Å². The number of aromatic nitrogens is 1. The summed E-state index contributed by atoms with van der Waals surface area (Å²) in [5.41, 5.74) is 6.80. The lowest BCUT2D eigenvalue weighted by atomic mass is 10.4. The molecule has 4 nitrogen and oxygen atoms in total. The van der Waals surface area contributed by atoms with Gasteiger partial charge >= 0.3 is 5.97 Å². The quantitative estimate of drug-likeness (QED) is 0.612. The SMILES string of the molecule is CCSCCCn1cc(N)cc1C(=O)OC. The van der Waals surface area contributed by atoms with Gasteiger partial charge in [-0.15, -0.1) is 0 Å². The standard InChI is InChI=1S/C11H18N2O2S/c1-3-16-6-4-5-13-8-9(12)7-10(13)11(14)15-2/h7-8H,3-6,12H2,1-2H3. The first-order valence-electron chi connectivity index (χ1n) is 5.30. The van der Waals surface area contributed by atoms with Crippen LogP contribution in [-0.4, -0.2) is 29.2 Å². The van der Waals surface area contributed by atoms with Crippen LogP contribution in [0.3, 0.4) is 0 Å². The van der Waals surface area contributed by atoms with E-state index in [-0.39, 0.29) is 5.97 Å². The van der Waals surface area contributed by atoms with Crippen molar-refractivity contribution in [2.75, 3.05) is 24.3 Å². The molecule has 0 saturated carbocycles. The molecule has 0 fully saturated rings. The molecular weight excluding hydrogens is 224 g/mol. The largest absolute Gasteiger partial charge is 0.464 e. The monoisotopic (exact) mass is 242 g/mol. The molecule has 1 heterocycles. The first-order chi connectivity index (χ1) is 7.69. The fourth-order valence-corrected chi connectivity index (χ4v) is 2.10. The number of carbonyl (C=O) groups is 1. The van der Waals surface area contributed by atoms with E-state index in [2.05, 4.69) is 6.92 Å². The Kier molecular flexibility index (Phi) is 5.25. The number of rotatable bonds is 6. The van der Waals surface area contributed by atoms with E-state index >= 15 is 0 Å². The van der Waals surface area contributed by atoms with Gasteiger partial charge in [-0.1, -0.05) is 6.92 Å². The van der Waals surface area contributed by atoms with E-state index in [1.807, 2.05) is 16.3 Å². The molecule has 0 atom stereocenters. The van der Waals surface area contributed by atoms with Gasteiger partial charge in [-0.2, -0.15) is 11.8 Å². The summed E-state index contributed by atoms with van der Waals surface area (Å²) in [7, 11) is 1.38. The zero-order chi connectivity index (χ0) is 12.0. The lowest BCUT2D eigenvalue weighted by Gasteiger charge is -2.06. The van der Waals surface area contributed by atoms with E-state index in [9.17, 15) is 4.79 Å². The van der Waals surface area contributed by atoms with Crippen LogP contribution in [0.1, 0.15) is 23.8 Å². The highest BCUT2D eigenvalue weighted by Crippen LogP contribution is 2.13. The number of hydrogen-bond acceptors (Lipinski definition) is 4. The predicted octanol–water partition coefficient (Wildman–Crippen LogP) is 2.00. The second-order valence-electron chi connectivity index (χ2n) is 3.39. The van der Waals surface area contributed by atoms with Gasteiger partial charge in [-0.05, 0) is 24.0 Å². The van der Waals surface area contributed by atoms with Gasteiger partial charge in [0.25, 0.3) is 0 Å². The summed E-state index contributed by atoms with van der Waals surface area (Å²) in [6.45, 7) is 2.94. The van der Waals surface area contributed by atoms with Crippen molar-refractivity contribution in [1.82, 2.24) is 4.57 Å². The molecule has 1 aromatic heterocycles. The zero-order valence-corrected chi connectivity index (χ0v) is 10.5. The second-order valence-corrected chi connectivity index (χ2v) is 4.79. The van der Waals surface area contributed by atoms with Gasteiger partial charge in [0.15, 0.2) is 0 Å². The summed E-state index contributed by atoms with van der Waals surface area (Å²) < 4.78 is 6.56. The lowest BCUT2D eigenvalue weighted by Crippen LogP contribution is -2.10. The molecule has 2 N–H and O–H groups in total. The summed E-state index contributed by atoms with van der Waals surface area (Å²) in [5, 5.41) is 0. The Hall–Kier alpha value is -1.10. The van der Waals surface area contributed by atoms with Crippen LogP contribution in [0.4, 0.5) is 5.69 Å². The topological polar surface area (TPSA) is 57.2 Å². The number of aryl methyl sites for hydroxylation is 1. The number of carbonyl (C=O) groups excluding carboxylic acids is 1. The number of ether oxygens (including phenoxy) is 1. The number of anilines is 1. The second kappa shape index (κ2) is 6.48. The Morgan fingerprint density at radius 2 is 2.38 bits per heavy atom. The van der Waals surface area contributed by atoms with Crippen LogP contribution >= 0.6 is 11.8 Å². The molecular formula is C11H18N2O2S. The van der Waals surface area contributed by atoms with Crippen molar-refractivity contribution in [2.45, 2.75) is 19.9 Å². The van der Waals surface area contributed by atoms with Gasteiger partial charge in [-0.3, -0.25) is 0 Å². The first kappa shape index (κ1) is 13.0. The fourth-order valence-electron chi connectivity index (χ4n) is 1.47. The number of esters is 1. The van der Waals surface area contributed by atoms with Gasteiger partial charge in [0.1, 0.15) is 5.69 Å². The van der Waals surface area contributed by atoms with Crippen LogP contribution in [0, 0.1) is 0 Å². The summed E-state index contributed by atoms with van der Waals surface area (Å²) >= 11 is 1.89. The van der Waals surface area contributed by atoms with E-state index in [0.717, 1.165) is 24.5 Å². The van der Waals surface area contributed by atoms with Crippen LogP contribution in [-0.2, 0) is 11.3 Å². The van der Waals surface area contributed by atoms with E-state index in [1.54, 1.807) is 12.3 Å². The van der Waals surface area contributed by atoms with Crippen molar-refractivity contribution in [3.8, 4) is 0 Å². The zero-order valence-electron chi connectivity index (χ0n) is 9.73. The third-order valence-corrected chi connectivity index (χ3v) is 3.19. The number of nitrogens with zero attached hydrogens (tertiary/aromatic N) is 1. The smallest absolute Gasteiger partial charge is 0.354 e. The third-order valence-electron chi connectivity index (χ3n) is 2.20. The minimum atomic E-state index is -0.333. The average Bonchev–Trinajstić information content (AvgIpc) is 2.65. The van der Waals surface area contributed by atoms with Crippen molar-refractivity contribution < 1.29 is 9.53 Å². The maximum atomic E-state index is 11.4. The fraction of sp³-hybridized carbons (Fsp3) is 0.545. The van der Waals surface area contributed by atoms with Gasteiger partial charge in [0.2, 0.25) is 0 Å². The maximum Gasteiger partial charge on any atom is 0.354 e. The van der Waals surface area contributed by atoms with Gasteiger partial charge in [0, 0.05) is 12.7 Å². The molecule has 0 aromatic carbocycles. The van der Waals surface area contributed by atoms with Crippen molar-refractivity contribution >= 4 is 23.4 Å². The van der Waals surface area contributed by atoms with Crippen molar-refractivity contribution in [2.24, 2.45) is 0 Å². The van der Waals surface area contributed by atoms with E-state index in [4.69, 9.17) is 10.5 Å². The van der Waals surface area contributed by atoms with Crippen molar-refractivity contribution in [3.05, 3.63) is 18.0 Å². The van der Waals surface area contributed by atoms with E-state index < -0.39 is 0 Å². The number of nitrogens with two attached hydrogens (primary N) is 1. The number of methoxy groups -OCH3 is 1.